The van der Waals surface area contributed by atoms with Crippen molar-refractivity contribution in [1.29, 1.82) is 0 Å². The van der Waals surface area contributed by atoms with E-state index in [2.05, 4.69) is 5.32 Å². The van der Waals surface area contributed by atoms with Crippen molar-refractivity contribution in [2.45, 2.75) is 55.7 Å². The van der Waals surface area contributed by atoms with Crippen molar-refractivity contribution >= 4 is 17.2 Å². The maximum absolute atomic E-state index is 12.7. The van der Waals surface area contributed by atoms with Crippen LogP contribution in [0.1, 0.15) is 35.3 Å². The van der Waals surface area contributed by atoms with Crippen molar-refractivity contribution in [1.82, 2.24) is 10.4 Å². The molecule has 2 bridgehead atoms. The summed E-state index contributed by atoms with van der Waals surface area (Å²) in [6.45, 7) is 0.414. The predicted molar refractivity (Wildman–Crippen MR) is 111 cm³/mol. The fourth-order valence-corrected chi connectivity index (χ4v) is 7.26. The molecule has 7 nitrogen and oxygen atoms in total. The SMILES string of the molecule is O=C(Cc1cccs1)N[C@@H]1CC[C@H]2[C@H]3Cc4c(O)c(O)cc5c4[C@@]2(CCN3[O-])[C@H]1O5. The summed E-state index contributed by atoms with van der Waals surface area (Å²) in [4.78, 5) is 13.8. The summed E-state index contributed by atoms with van der Waals surface area (Å²) in [7, 11) is 0. The lowest BCUT2D eigenvalue weighted by Gasteiger charge is -2.61. The molecule has 1 saturated heterocycles. The number of rotatable bonds is 3. The van der Waals surface area contributed by atoms with E-state index in [4.69, 9.17) is 4.74 Å². The van der Waals surface area contributed by atoms with Gasteiger partial charge in [-0.15, -0.1) is 11.3 Å². The van der Waals surface area contributed by atoms with E-state index in [1.165, 1.54) is 6.07 Å². The Hall–Kier alpha value is -2.29. The molecule has 6 rings (SSSR count). The molecule has 158 valence electrons. The number of thiophene rings is 1. The molecule has 3 N–H and O–H groups in total. The van der Waals surface area contributed by atoms with Crippen LogP contribution >= 0.6 is 11.3 Å². The van der Waals surface area contributed by atoms with Gasteiger partial charge in [-0.3, -0.25) is 4.79 Å². The number of nitrogens with one attached hydrogen (secondary N) is 1. The quantitative estimate of drug-likeness (QED) is 0.650. The Morgan fingerprint density at radius 1 is 1.40 bits per heavy atom. The van der Waals surface area contributed by atoms with Gasteiger partial charge in [0.2, 0.25) is 5.91 Å². The van der Waals surface area contributed by atoms with Crippen LogP contribution in [0.4, 0.5) is 0 Å². The Balaban J connectivity index is 1.39. The minimum Gasteiger partial charge on any atom is -0.785 e. The van der Waals surface area contributed by atoms with Crippen LogP contribution in [-0.4, -0.2) is 45.9 Å². The van der Waals surface area contributed by atoms with Gasteiger partial charge in [0.1, 0.15) is 11.9 Å². The summed E-state index contributed by atoms with van der Waals surface area (Å²) in [6, 6.07) is 4.98. The van der Waals surface area contributed by atoms with Gasteiger partial charge in [-0.25, -0.2) is 0 Å². The van der Waals surface area contributed by atoms with Gasteiger partial charge in [-0.05, 0) is 49.6 Å². The summed E-state index contributed by atoms with van der Waals surface area (Å²) in [6.07, 6.45) is 2.67. The summed E-state index contributed by atoms with van der Waals surface area (Å²) >= 11 is 1.56. The lowest BCUT2D eigenvalue weighted by Crippen LogP contribution is -2.68. The molecular weight excluding hydrogens is 404 g/mol. The van der Waals surface area contributed by atoms with E-state index in [1.54, 1.807) is 11.3 Å². The third-order valence-corrected chi connectivity index (χ3v) is 8.52. The molecule has 1 spiro atoms. The Morgan fingerprint density at radius 2 is 2.27 bits per heavy atom. The first-order valence-corrected chi connectivity index (χ1v) is 11.4. The first-order valence-electron chi connectivity index (χ1n) is 10.5. The third kappa shape index (κ3) is 2.35. The molecule has 30 heavy (non-hydrogen) atoms. The number of carbonyl (C=O) groups excluding carboxylic acids is 1. The summed E-state index contributed by atoms with van der Waals surface area (Å²) in [5.41, 5.74) is 1.19. The van der Waals surface area contributed by atoms with Gasteiger partial charge in [-0.1, -0.05) is 6.07 Å². The fourth-order valence-electron chi connectivity index (χ4n) is 6.56. The average molecular weight is 428 g/mol. The first-order chi connectivity index (χ1) is 14.5. The van der Waals surface area contributed by atoms with Gasteiger partial charge < -0.3 is 30.5 Å². The maximum Gasteiger partial charge on any atom is 0.225 e. The van der Waals surface area contributed by atoms with Gasteiger partial charge in [0, 0.05) is 33.5 Å². The van der Waals surface area contributed by atoms with Gasteiger partial charge in [0.05, 0.1) is 12.5 Å². The van der Waals surface area contributed by atoms with Gasteiger partial charge in [0.15, 0.2) is 11.5 Å². The average Bonchev–Trinajstić information content (AvgIpc) is 3.33. The summed E-state index contributed by atoms with van der Waals surface area (Å²) < 4.78 is 6.39. The first kappa shape index (κ1) is 18.5. The van der Waals surface area contributed by atoms with Crippen LogP contribution in [0.2, 0.25) is 0 Å². The minimum atomic E-state index is -0.404. The summed E-state index contributed by atoms with van der Waals surface area (Å²) in [5, 5.41) is 39.8. The monoisotopic (exact) mass is 427 g/mol. The Kier molecular flexibility index (Phi) is 3.91. The van der Waals surface area contributed by atoms with Crippen LogP contribution in [0.3, 0.4) is 0 Å². The van der Waals surface area contributed by atoms with Crippen molar-refractivity contribution in [3.8, 4) is 17.2 Å². The van der Waals surface area contributed by atoms with Crippen molar-refractivity contribution in [3.05, 3.63) is 44.8 Å². The number of amides is 1. The lowest BCUT2D eigenvalue weighted by atomic mass is 9.51. The highest BCUT2D eigenvalue weighted by molar-refractivity contribution is 7.10. The van der Waals surface area contributed by atoms with Crippen LogP contribution in [0.5, 0.6) is 17.2 Å². The van der Waals surface area contributed by atoms with E-state index in [-0.39, 0.29) is 41.5 Å². The van der Waals surface area contributed by atoms with Crippen LogP contribution in [0, 0.1) is 11.1 Å². The molecule has 2 aliphatic heterocycles. The van der Waals surface area contributed by atoms with Crippen LogP contribution in [0.15, 0.2) is 23.6 Å². The zero-order valence-electron chi connectivity index (χ0n) is 16.3. The number of aromatic hydroxyl groups is 2. The zero-order chi connectivity index (χ0) is 20.6. The fraction of sp³-hybridized carbons (Fsp3) is 0.500. The number of hydroxylamine groups is 2. The van der Waals surface area contributed by atoms with E-state index in [0.29, 0.717) is 37.1 Å². The van der Waals surface area contributed by atoms with Crippen LogP contribution < -0.4 is 10.1 Å². The number of nitrogens with zero attached hydrogens (tertiary/aromatic N) is 1. The molecule has 4 aliphatic rings. The normalized spacial score (nSPS) is 33.6. The molecule has 8 heteroatoms. The second-order valence-corrected chi connectivity index (χ2v) is 9.98. The van der Waals surface area contributed by atoms with Gasteiger partial charge >= 0.3 is 0 Å². The molecule has 3 heterocycles. The number of hydrogen-bond acceptors (Lipinski definition) is 7. The molecule has 2 aromatic rings. The molecule has 5 atom stereocenters. The molecule has 2 aliphatic carbocycles. The van der Waals surface area contributed by atoms with Crippen LogP contribution in [-0.2, 0) is 23.1 Å². The van der Waals surface area contributed by atoms with E-state index in [1.807, 2.05) is 17.5 Å². The summed E-state index contributed by atoms with van der Waals surface area (Å²) in [5.74, 6) is 0.326. The Bertz CT molecular complexity index is 1030. The maximum atomic E-state index is 12.7. The molecule has 0 unspecified atom stereocenters. The van der Waals surface area contributed by atoms with Gasteiger partial charge in [-0.2, -0.15) is 0 Å². The molecule has 1 saturated carbocycles. The third-order valence-electron chi connectivity index (χ3n) is 7.64. The smallest absolute Gasteiger partial charge is 0.225 e. The van der Waals surface area contributed by atoms with Crippen molar-refractivity contribution in [2.24, 2.45) is 5.92 Å². The molecule has 0 radical (unpaired) electrons. The minimum absolute atomic E-state index is 0.0311. The Morgan fingerprint density at radius 3 is 3.07 bits per heavy atom. The van der Waals surface area contributed by atoms with E-state index < -0.39 is 5.41 Å². The number of piperidine rings is 1. The van der Waals surface area contributed by atoms with Crippen molar-refractivity contribution in [2.75, 3.05) is 6.54 Å². The van der Waals surface area contributed by atoms with Crippen molar-refractivity contribution < 1.29 is 19.7 Å². The molecular formula is C22H23N2O5S-. The van der Waals surface area contributed by atoms with E-state index in [9.17, 15) is 20.2 Å². The second kappa shape index (κ2) is 6.35. The number of phenolic OH excluding ortho intramolecular Hbond substituents is 2. The number of ether oxygens (including phenoxy) is 1. The highest BCUT2D eigenvalue weighted by Gasteiger charge is 2.65. The predicted octanol–water partition coefficient (Wildman–Crippen LogP) is 2.42. The molecule has 1 aromatic heterocycles. The lowest BCUT2D eigenvalue weighted by molar-refractivity contribution is -0.123. The molecule has 1 amide bonds. The highest BCUT2D eigenvalue weighted by Crippen LogP contribution is 2.64. The second-order valence-electron chi connectivity index (χ2n) is 8.95. The number of carbonyl (C=O) groups is 1. The number of hydrogen-bond donors (Lipinski definition) is 3. The largest absolute Gasteiger partial charge is 0.785 e. The topological polar surface area (TPSA) is 105 Å². The number of benzene rings is 1. The zero-order valence-corrected chi connectivity index (χ0v) is 17.2. The molecule has 1 aromatic carbocycles. The standard InChI is InChI=1S/C22H23N2O5S/c25-16-10-17-19-12(20(16)27)9-15-13-3-4-14(23-18(26)8-11-2-1-7-30-11)21(29-17)22(13,19)5-6-24(15)28/h1-2,7,10,13-15,21,25,27H,3-6,8-9H2,(H,23,26)/q-1/t13-,14+,15+,21-,22-/m0/s1. The Labute approximate surface area is 177 Å². The molecule has 2 fully saturated rings. The van der Waals surface area contributed by atoms with E-state index >= 15 is 0 Å². The van der Waals surface area contributed by atoms with Crippen molar-refractivity contribution in [3.63, 3.8) is 0 Å². The highest BCUT2D eigenvalue weighted by atomic mass is 32.1. The van der Waals surface area contributed by atoms with Gasteiger partial charge in [0.25, 0.3) is 0 Å². The van der Waals surface area contributed by atoms with E-state index in [0.717, 1.165) is 28.3 Å². The number of phenols is 2. The van der Waals surface area contributed by atoms with Crippen LogP contribution in [0.25, 0.3) is 0 Å².